The van der Waals surface area contributed by atoms with Crippen LogP contribution in [-0.4, -0.2) is 34.4 Å². The highest BCUT2D eigenvalue weighted by molar-refractivity contribution is 5.90. The predicted molar refractivity (Wildman–Crippen MR) is 142 cm³/mol. The number of amides is 1. The highest BCUT2D eigenvalue weighted by Crippen LogP contribution is 2.42. The topological polar surface area (TPSA) is 42.0 Å². The molecule has 0 atom stereocenters. The Hall–Kier alpha value is -3.89. The Balaban J connectivity index is 2.26. The SMILES string of the molecule is COC(=O)N(Cc1cc(N(C)C)cc(C(F)(F)F)c1)c1cc(-c2cc(C(C)C)ccc2OC)ccc1C(F)(F)F. The van der Waals surface area contributed by atoms with E-state index in [9.17, 15) is 31.1 Å². The summed E-state index contributed by atoms with van der Waals surface area (Å²) in [6, 6.07) is 11.7. The number of methoxy groups -OCH3 is 2. The Labute approximate surface area is 228 Å². The maximum atomic E-state index is 14.2. The van der Waals surface area contributed by atoms with Crippen LogP contribution in [0.3, 0.4) is 0 Å². The summed E-state index contributed by atoms with van der Waals surface area (Å²) >= 11 is 0. The molecule has 216 valence electrons. The minimum Gasteiger partial charge on any atom is -0.496 e. The number of benzene rings is 3. The fourth-order valence-electron chi connectivity index (χ4n) is 4.20. The number of carbonyl (C=O) groups is 1. The van der Waals surface area contributed by atoms with Crippen molar-refractivity contribution in [2.75, 3.05) is 38.1 Å². The molecular formula is C29H30F6N2O3. The van der Waals surface area contributed by atoms with Gasteiger partial charge >= 0.3 is 18.4 Å². The number of nitrogens with zero attached hydrogens (tertiary/aromatic N) is 2. The van der Waals surface area contributed by atoms with Crippen molar-refractivity contribution in [2.45, 2.75) is 38.7 Å². The Bertz CT molecular complexity index is 1370. The van der Waals surface area contributed by atoms with E-state index in [2.05, 4.69) is 0 Å². The third-order valence-corrected chi connectivity index (χ3v) is 6.35. The Kier molecular flexibility index (Phi) is 8.96. The molecule has 0 aliphatic heterocycles. The van der Waals surface area contributed by atoms with Crippen molar-refractivity contribution in [3.63, 3.8) is 0 Å². The molecule has 0 unspecified atom stereocenters. The van der Waals surface area contributed by atoms with E-state index in [0.29, 0.717) is 21.8 Å². The van der Waals surface area contributed by atoms with Crippen molar-refractivity contribution >= 4 is 17.5 Å². The van der Waals surface area contributed by atoms with Gasteiger partial charge in [0.25, 0.3) is 0 Å². The molecule has 0 heterocycles. The third-order valence-electron chi connectivity index (χ3n) is 6.35. The van der Waals surface area contributed by atoms with Gasteiger partial charge in [-0.25, -0.2) is 4.79 Å². The number of anilines is 2. The number of carbonyl (C=O) groups excluding carboxylic acids is 1. The predicted octanol–water partition coefficient (Wildman–Crippen LogP) is 8.36. The summed E-state index contributed by atoms with van der Waals surface area (Å²) in [5.41, 5.74) is -0.896. The summed E-state index contributed by atoms with van der Waals surface area (Å²) in [5, 5.41) is 0. The van der Waals surface area contributed by atoms with Gasteiger partial charge in [0.2, 0.25) is 0 Å². The first kappa shape index (κ1) is 30.6. The van der Waals surface area contributed by atoms with Crippen LogP contribution in [0.4, 0.5) is 42.5 Å². The van der Waals surface area contributed by atoms with E-state index in [4.69, 9.17) is 9.47 Å². The summed E-state index contributed by atoms with van der Waals surface area (Å²) in [6.07, 6.45) is -10.8. The highest BCUT2D eigenvalue weighted by Gasteiger charge is 2.37. The van der Waals surface area contributed by atoms with Crippen molar-refractivity contribution in [3.05, 3.63) is 76.9 Å². The molecule has 1 amide bonds. The average molecular weight is 569 g/mol. The van der Waals surface area contributed by atoms with Gasteiger partial charge in [0.05, 0.1) is 37.6 Å². The van der Waals surface area contributed by atoms with Gasteiger partial charge in [-0.3, -0.25) is 4.90 Å². The van der Waals surface area contributed by atoms with E-state index in [1.165, 1.54) is 44.3 Å². The zero-order valence-corrected chi connectivity index (χ0v) is 22.9. The second-order valence-electron chi connectivity index (χ2n) is 9.68. The van der Waals surface area contributed by atoms with Crippen LogP contribution in [-0.2, 0) is 23.6 Å². The van der Waals surface area contributed by atoms with Gasteiger partial charge in [0, 0.05) is 25.3 Å². The standard InChI is InChI=1S/C29H30F6N2O3/c1-17(2)19-8-10-26(39-5)23(13-19)20-7-9-24(29(33,34)35)25(14-20)37(27(38)40-6)16-18-11-21(28(30,31)32)15-22(12-18)36(3)4/h7-15,17H,16H2,1-6H3. The van der Waals surface area contributed by atoms with E-state index < -0.39 is 41.8 Å². The number of rotatable bonds is 7. The summed E-state index contributed by atoms with van der Waals surface area (Å²) in [4.78, 5) is 15.0. The summed E-state index contributed by atoms with van der Waals surface area (Å²) < 4.78 is 93.7. The van der Waals surface area contributed by atoms with Gasteiger partial charge < -0.3 is 14.4 Å². The number of alkyl halides is 6. The summed E-state index contributed by atoms with van der Waals surface area (Å²) in [5.74, 6) is 0.505. The molecule has 3 aromatic rings. The van der Waals surface area contributed by atoms with Gasteiger partial charge in [-0.1, -0.05) is 26.0 Å². The maximum absolute atomic E-state index is 14.2. The first-order chi connectivity index (χ1) is 18.6. The quantitative estimate of drug-likeness (QED) is 0.269. The fraction of sp³-hybridized carbons (Fsp3) is 0.345. The smallest absolute Gasteiger partial charge is 0.418 e. The van der Waals surface area contributed by atoms with E-state index in [1.54, 1.807) is 12.1 Å². The van der Waals surface area contributed by atoms with Crippen LogP contribution in [0.25, 0.3) is 11.1 Å². The van der Waals surface area contributed by atoms with E-state index in [1.807, 2.05) is 19.9 Å². The maximum Gasteiger partial charge on any atom is 0.418 e. The van der Waals surface area contributed by atoms with Gasteiger partial charge in [-0.2, -0.15) is 26.3 Å². The molecule has 0 saturated carbocycles. The number of halogens is 6. The monoisotopic (exact) mass is 568 g/mol. The molecule has 0 aromatic heterocycles. The Morgan fingerprint density at radius 1 is 0.875 bits per heavy atom. The Morgan fingerprint density at radius 2 is 1.55 bits per heavy atom. The van der Waals surface area contributed by atoms with Gasteiger partial charge in [-0.15, -0.1) is 0 Å². The lowest BCUT2D eigenvalue weighted by Crippen LogP contribution is -2.32. The van der Waals surface area contributed by atoms with Crippen LogP contribution in [0.15, 0.2) is 54.6 Å². The Morgan fingerprint density at radius 3 is 2.08 bits per heavy atom. The van der Waals surface area contributed by atoms with Crippen molar-refractivity contribution in [1.82, 2.24) is 0 Å². The number of ether oxygens (including phenoxy) is 2. The molecule has 3 aromatic carbocycles. The lowest BCUT2D eigenvalue weighted by atomic mass is 9.95. The molecular weight excluding hydrogens is 538 g/mol. The van der Waals surface area contributed by atoms with Crippen LogP contribution in [0.5, 0.6) is 5.75 Å². The lowest BCUT2D eigenvalue weighted by Gasteiger charge is -2.27. The molecule has 40 heavy (non-hydrogen) atoms. The van der Waals surface area contributed by atoms with Crippen LogP contribution in [0, 0.1) is 0 Å². The molecule has 0 aliphatic carbocycles. The number of hydrogen-bond donors (Lipinski definition) is 0. The van der Waals surface area contributed by atoms with Gasteiger partial charge in [0.15, 0.2) is 0 Å². The molecule has 0 N–H and O–H groups in total. The van der Waals surface area contributed by atoms with E-state index in [0.717, 1.165) is 30.9 Å². The molecule has 11 heteroatoms. The van der Waals surface area contributed by atoms with Crippen molar-refractivity contribution in [2.24, 2.45) is 0 Å². The number of hydrogen-bond acceptors (Lipinski definition) is 4. The first-order valence-corrected chi connectivity index (χ1v) is 12.2. The van der Waals surface area contributed by atoms with Crippen molar-refractivity contribution in [3.8, 4) is 16.9 Å². The zero-order valence-electron chi connectivity index (χ0n) is 22.9. The molecule has 0 bridgehead atoms. The van der Waals surface area contributed by atoms with E-state index >= 15 is 0 Å². The van der Waals surface area contributed by atoms with Crippen molar-refractivity contribution in [1.29, 1.82) is 0 Å². The van der Waals surface area contributed by atoms with Crippen molar-refractivity contribution < 1.29 is 40.6 Å². The van der Waals surface area contributed by atoms with Crippen LogP contribution < -0.4 is 14.5 Å². The van der Waals surface area contributed by atoms with Crippen LogP contribution in [0.1, 0.15) is 42.0 Å². The molecule has 5 nitrogen and oxygen atoms in total. The van der Waals surface area contributed by atoms with Gasteiger partial charge in [-0.05, 0) is 65.1 Å². The lowest BCUT2D eigenvalue weighted by molar-refractivity contribution is -0.138. The van der Waals surface area contributed by atoms with Gasteiger partial charge in [0.1, 0.15) is 5.75 Å². The van der Waals surface area contributed by atoms with Crippen LogP contribution >= 0.6 is 0 Å². The summed E-state index contributed by atoms with van der Waals surface area (Å²) in [7, 11) is 5.47. The third kappa shape index (κ3) is 6.81. The molecule has 0 fully saturated rings. The minimum atomic E-state index is -4.88. The molecule has 3 rings (SSSR count). The molecule has 0 aliphatic rings. The van der Waals surface area contributed by atoms with E-state index in [-0.39, 0.29) is 17.2 Å². The fourth-order valence-corrected chi connectivity index (χ4v) is 4.20. The largest absolute Gasteiger partial charge is 0.496 e. The molecule has 0 saturated heterocycles. The second kappa shape index (κ2) is 11.7. The van der Waals surface area contributed by atoms with Crippen LogP contribution in [0.2, 0.25) is 0 Å². The second-order valence-corrected chi connectivity index (χ2v) is 9.68. The average Bonchev–Trinajstić information content (AvgIpc) is 2.89. The zero-order chi connectivity index (χ0) is 30.0. The molecule has 0 radical (unpaired) electrons. The molecule has 0 spiro atoms. The summed E-state index contributed by atoms with van der Waals surface area (Å²) in [6.45, 7) is 3.30. The first-order valence-electron chi connectivity index (χ1n) is 12.2. The minimum absolute atomic E-state index is 0.0400. The normalized spacial score (nSPS) is 11.9. The highest BCUT2D eigenvalue weighted by atomic mass is 19.4.